The van der Waals surface area contributed by atoms with Crippen LogP contribution in [-0.2, 0) is 16.1 Å². The third-order valence-corrected chi connectivity index (χ3v) is 6.53. The van der Waals surface area contributed by atoms with Gasteiger partial charge in [0.05, 0.1) is 24.9 Å². The first-order valence-electron chi connectivity index (χ1n) is 12.1. The minimum atomic E-state index is -0.327. The van der Waals surface area contributed by atoms with E-state index in [2.05, 4.69) is 10.2 Å². The quantitative estimate of drug-likeness (QED) is 0.503. The van der Waals surface area contributed by atoms with Crippen LogP contribution in [0, 0.1) is 0 Å². The third-order valence-electron chi connectivity index (χ3n) is 6.53. The van der Waals surface area contributed by atoms with Gasteiger partial charge in [-0.2, -0.15) is 0 Å². The number of benzene rings is 3. The average molecular weight is 488 g/mol. The van der Waals surface area contributed by atoms with Crippen LogP contribution in [0.1, 0.15) is 18.4 Å². The van der Waals surface area contributed by atoms with Crippen molar-refractivity contribution < 1.29 is 23.8 Å². The maximum atomic E-state index is 12.6. The predicted molar refractivity (Wildman–Crippen MR) is 137 cm³/mol. The maximum Gasteiger partial charge on any atom is 0.414 e. The molecule has 0 saturated carbocycles. The van der Waals surface area contributed by atoms with Crippen molar-refractivity contribution in [1.29, 1.82) is 0 Å². The number of carbonyl (C=O) groups is 2. The second-order valence-electron chi connectivity index (χ2n) is 8.88. The lowest BCUT2D eigenvalue weighted by molar-refractivity contribution is -0.117. The molecule has 1 N–H and O–H groups in total. The summed E-state index contributed by atoms with van der Waals surface area (Å²) in [4.78, 5) is 29.1. The summed E-state index contributed by atoms with van der Waals surface area (Å²) in [5.74, 6) is 2.12. The summed E-state index contributed by atoms with van der Waals surface area (Å²) in [5.41, 5.74) is 2.46. The Hall–Kier alpha value is -4.04. The van der Waals surface area contributed by atoms with Gasteiger partial charge in [-0.15, -0.1) is 0 Å². The first-order valence-corrected chi connectivity index (χ1v) is 12.1. The normalized spacial score (nSPS) is 16.1. The van der Waals surface area contributed by atoms with Crippen LogP contribution < -0.4 is 19.7 Å². The van der Waals surface area contributed by atoms with Gasteiger partial charge < -0.3 is 19.5 Å². The highest BCUT2D eigenvalue weighted by atomic mass is 16.6. The predicted octanol–water partition coefficient (Wildman–Crippen LogP) is 5.05. The highest BCUT2D eigenvalue weighted by molar-refractivity contribution is 5.93. The summed E-state index contributed by atoms with van der Waals surface area (Å²) < 4.78 is 16.7. The fraction of sp³-hybridized carbons (Fsp3) is 0.286. The summed E-state index contributed by atoms with van der Waals surface area (Å²) in [6.45, 7) is 1.94. The molecule has 2 amide bonds. The number of hydrogen-bond acceptors (Lipinski definition) is 6. The molecule has 8 heteroatoms. The van der Waals surface area contributed by atoms with Crippen molar-refractivity contribution in [3.8, 4) is 17.2 Å². The fourth-order valence-corrected chi connectivity index (χ4v) is 4.73. The second-order valence-corrected chi connectivity index (χ2v) is 8.88. The van der Waals surface area contributed by atoms with Crippen molar-refractivity contribution in [3.63, 3.8) is 0 Å². The van der Waals surface area contributed by atoms with Crippen LogP contribution in [0.15, 0.2) is 72.8 Å². The van der Waals surface area contributed by atoms with Gasteiger partial charge in [0.1, 0.15) is 23.9 Å². The van der Waals surface area contributed by atoms with E-state index in [1.165, 1.54) is 0 Å². The molecule has 0 aromatic heterocycles. The Morgan fingerprint density at radius 2 is 1.69 bits per heavy atom. The average Bonchev–Trinajstić information content (AvgIpc) is 2.90. The van der Waals surface area contributed by atoms with Crippen LogP contribution in [0.4, 0.5) is 16.2 Å². The minimum Gasteiger partial charge on any atom is -0.496 e. The number of para-hydroxylation sites is 1. The molecular formula is C28H29N3O5. The number of hydrogen-bond donors (Lipinski definition) is 1. The fourth-order valence-electron chi connectivity index (χ4n) is 4.73. The molecule has 186 valence electrons. The van der Waals surface area contributed by atoms with E-state index < -0.39 is 0 Å². The zero-order valence-corrected chi connectivity index (χ0v) is 20.2. The first-order chi connectivity index (χ1) is 17.6. The molecule has 3 aromatic carbocycles. The number of rotatable bonds is 7. The number of nitrogens with one attached hydrogen (secondary N) is 1. The lowest BCUT2D eigenvalue weighted by atomic mass is 10.0. The van der Waals surface area contributed by atoms with Gasteiger partial charge in [-0.3, -0.25) is 14.6 Å². The molecule has 5 rings (SSSR count). The van der Waals surface area contributed by atoms with E-state index in [1.54, 1.807) is 12.0 Å². The number of carbonyl (C=O) groups excluding carboxylic acids is 2. The summed E-state index contributed by atoms with van der Waals surface area (Å²) in [7, 11) is 1.62. The molecule has 1 fully saturated rings. The minimum absolute atomic E-state index is 0.0140. The molecule has 8 nitrogen and oxygen atoms in total. The van der Waals surface area contributed by atoms with Gasteiger partial charge in [-0.1, -0.05) is 24.3 Å². The number of anilines is 2. The molecule has 1 saturated heterocycles. The van der Waals surface area contributed by atoms with Gasteiger partial charge >= 0.3 is 6.09 Å². The number of ether oxygens (including phenoxy) is 3. The number of amides is 2. The number of nitrogens with zero attached hydrogens (tertiary/aromatic N) is 2. The standard InChI is InChI=1S/C28H29N3O5/c1-34-26-9-5-8-25-24(26)19-35-28(33)31(25)21-14-16-30(17-15-21)18-27(32)29-20-10-12-23(13-11-20)36-22-6-3-2-4-7-22/h2-13,21H,14-19H2,1H3,(H,29,32). The molecule has 36 heavy (non-hydrogen) atoms. The number of methoxy groups -OCH3 is 1. The van der Waals surface area contributed by atoms with Gasteiger partial charge in [0.15, 0.2) is 0 Å². The summed E-state index contributed by atoms with van der Waals surface area (Å²) in [6.07, 6.45) is 1.18. The molecule has 0 radical (unpaired) electrons. The van der Waals surface area contributed by atoms with Gasteiger partial charge in [0.2, 0.25) is 5.91 Å². The summed E-state index contributed by atoms with van der Waals surface area (Å²) in [6, 6.07) is 22.6. The molecular weight excluding hydrogens is 458 g/mol. The van der Waals surface area contributed by atoms with Crippen molar-refractivity contribution in [1.82, 2.24) is 4.90 Å². The summed E-state index contributed by atoms with van der Waals surface area (Å²) >= 11 is 0. The molecule has 0 unspecified atom stereocenters. The van der Waals surface area contributed by atoms with E-state index in [-0.39, 0.29) is 24.6 Å². The van der Waals surface area contributed by atoms with Gasteiger partial charge in [-0.05, 0) is 61.4 Å². The molecule has 3 aromatic rings. The molecule has 0 aliphatic carbocycles. The van der Waals surface area contributed by atoms with Crippen molar-refractivity contribution in [2.45, 2.75) is 25.5 Å². The number of cyclic esters (lactones) is 1. The van der Waals surface area contributed by atoms with E-state index in [0.29, 0.717) is 25.4 Å². The Balaban J connectivity index is 1.13. The van der Waals surface area contributed by atoms with Crippen LogP contribution in [0.3, 0.4) is 0 Å². The largest absolute Gasteiger partial charge is 0.496 e. The van der Waals surface area contributed by atoms with Gasteiger partial charge in [0.25, 0.3) is 0 Å². The molecule has 2 heterocycles. The topological polar surface area (TPSA) is 80.3 Å². The van der Waals surface area contributed by atoms with Gasteiger partial charge in [0, 0.05) is 24.8 Å². The molecule has 0 bridgehead atoms. The second kappa shape index (κ2) is 10.7. The van der Waals surface area contributed by atoms with Gasteiger partial charge in [-0.25, -0.2) is 4.79 Å². The Morgan fingerprint density at radius 1 is 0.972 bits per heavy atom. The monoisotopic (exact) mass is 487 g/mol. The van der Waals surface area contributed by atoms with Crippen LogP contribution in [0.2, 0.25) is 0 Å². The summed E-state index contributed by atoms with van der Waals surface area (Å²) in [5, 5.41) is 2.95. The van der Waals surface area contributed by atoms with E-state index in [0.717, 1.165) is 41.3 Å². The highest BCUT2D eigenvalue weighted by Crippen LogP contribution is 2.36. The van der Waals surface area contributed by atoms with Crippen LogP contribution in [0.5, 0.6) is 17.2 Å². The van der Waals surface area contributed by atoms with Crippen LogP contribution in [0.25, 0.3) is 0 Å². The Kier molecular flexibility index (Phi) is 7.04. The van der Waals surface area contributed by atoms with Crippen LogP contribution >= 0.6 is 0 Å². The SMILES string of the molecule is COc1cccc2c1COC(=O)N2C1CCN(CC(=O)Nc2ccc(Oc3ccccc3)cc2)CC1. The maximum absolute atomic E-state index is 12.6. The van der Waals surface area contributed by atoms with Crippen molar-refractivity contribution in [2.75, 3.05) is 37.0 Å². The smallest absolute Gasteiger partial charge is 0.414 e. The van der Waals surface area contributed by atoms with E-state index in [9.17, 15) is 9.59 Å². The zero-order valence-electron chi connectivity index (χ0n) is 20.2. The van der Waals surface area contributed by atoms with Crippen LogP contribution in [-0.4, -0.2) is 49.7 Å². The highest BCUT2D eigenvalue weighted by Gasteiger charge is 2.35. The number of piperidine rings is 1. The van der Waals surface area contributed by atoms with E-state index in [1.807, 2.05) is 72.8 Å². The Morgan fingerprint density at radius 3 is 2.42 bits per heavy atom. The number of fused-ring (bicyclic) bond motifs is 1. The van der Waals surface area contributed by atoms with Crippen molar-refractivity contribution in [3.05, 3.63) is 78.4 Å². The molecule has 0 spiro atoms. The van der Waals surface area contributed by atoms with Crippen molar-refractivity contribution in [2.24, 2.45) is 0 Å². The lowest BCUT2D eigenvalue weighted by Gasteiger charge is -2.40. The van der Waals surface area contributed by atoms with Crippen molar-refractivity contribution >= 4 is 23.4 Å². The Labute approximate surface area is 210 Å². The Bertz CT molecular complexity index is 1210. The molecule has 2 aliphatic heterocycles. The van der Waals surface area contributed by atoms with E-state index in [4.69, 9.17) is 14.2 Å². The lowest BCUT2D eigenvalue weighted by Crippen LogP contribution is -2.50. The van der Waals surface area contributed by atoms with E-state index >= 15 is 0 Å². The molecule has 2 aliphatic rings. The third kappa shape index (κ3) is 5.28. The number of likely N-dealkylation sites (tertiary alicyclic amines) is 1. The zero-order chi connectivity index (χ0) is 24.9. The molecule has 0 atom stereocenters. The first kappa shape index (κ1) is 23.7.